The molecule has 0 aromatic heterocycles. The van der Waals surface area contributed by atoms with Crippen molar-refractivity contribution >= 4 is 17.4 Å². The minimum absolute atomic E-state index is 0.123. The molecule has 1 N–H and O–H groups in total. The number of rotatable bonds is 7. The first-order valence-corrected chi connectivity index (χ1v) is 10.9. The number of carbonyl (C=O) groups excluding carboxylic acids is 2. The minimum atomic E-state index is -0.654. The molecule has 168 valence electrons. The summed E-state index contributed by atoms with van der Waals surface area (Å²) in [5.41, 5.74) is 1.39. The lowest BCUT2D eigenvalue weighted by Crippen LogP contribution is -2.38. The molecule has 2 heterocycles. The van der Waals surface area contributed by atoms with Crippen LogP contribution >= 0.6 is 0 Å². The number of Topliss-reactive ketones (excluding diaryl/α,β-unsaturated/α-hetero) is 1. The predicted octanol–water partition coefficient (Wildman–Crippen LogP) is 2.84. The highest BCUT2D eigenvalue weighted by Gasteiger charge is 2.45. The van der Waals surface area contributed by atoms with Gasteiger partial charge in [-0.1, -0.05) is 30.3 Å². The van der Waals surface area contributed by atoms with Crippen LogP contribution in [0.25, 0.3) is 5.76 Å². The van der Waals surface area contributed by atoms with Gasteiger partial charge in [0.15, 0.2) is 0 Å². The number of amides is 1. The highest BCUT2D eigenvalue weighted by Crippen LogP contribution is 2.39. The van der Waals surface area contributed by atoms with Gasteiger partial charge in [0.25, 0.3) is 11.7 Å². The summed E-state index contributed by atoms with van der Waals surface area (Å²) in [6.07, 6.45) is 0.735. The first-order valence-electron chi connectivity index (χ1n) is 10.9. The lowest BCUT2D eigenvalue weighted by Gasteiger charge is -2.29. The maximum atomic E-state index is 13.0. The van der Waals surface area contributed by atoms with Gasteiger partial charge >= 0.3 is 0 Å². The second-order valence-electron chi connectivity index (χ2n) is 7.94. The predicted molar refractivity (Wildman–Crippen MR) is 120 cm³/mol. The van der Waals surface area contributed by atoms with Crippen LogP contribution in [0.3, 0.4) is 0 Å². The fraction of sp³-hybridized carbons (Fsp3) is 0.360. The Hall–Kier alpha value is -3.16. The molecule has 2 aliphatic heterocycles. The van der Waals surface area contributed by atoms with Crippen molar-refractivity contribution in [2.75, 3.05) is 46.5 Å². The average Bonchev–Trinajstić information content (AvgIpc) is 3.10. The number of carbonyl (C=O) groups is 2. The van der Waals surface area contributed by atoms with E-state index in [1.807, 2.05) is 30.3 Å². The molecule has 0 aliphatic carbocycles. The van der Waals surface area contributed by atoms with Gasteiger partial charge in [0, 0.05) is 31.7 Å². The molecule has 7 heteroatoms. The zero-order valence-corrected chi connectivity index (χ0v) is 18.2. The van der Waals surface area contributed by atoms with Crippen molar-refractivity contribution < 1.29 is 24.2 Å². The topological polar surface area (TPSA) is 79.3 Å². The highest BCUT2D eigenvalue weighted by molar-refractivity contribution is 6.46. The number of hydrogen-bond donors (Lipinski definition) is 1. The van der Waals surface area contributed by atoms with Crippen molar-refractivity contribution in [3.05, 3.63) is 71.3 Å². The Morgan fingerprint density at radius 2 is 1.72 bits per heavy atom. The summed E-state index contributed by atoms with van der Waals surface area (Å²) >= 11 is 0. The van der Waals surface area contributed by atoms with Crippen LogP contribution in [0.4, 0.5) is 0 Å². The van der Waals surface area contributed by atoms with E-state index in [1.54, 1.807) is 36.3 Å². The number of hydrogen-bond acceptors (Lipinski definition) is 6. The van der Waals surface area contributed by atoms with Crippen LogP contribution < -0.4 is 4.74 Å². The van der Waals surface area contributed by atoms with Crippen molar-refractivity contribution in [2.45, 2.75) is 12.5 Å². The summed E-state index contributed by atoms with van der Waals surface area (Å²) in [4.78, 5) is 29.9. The molecule has 2 aromatic carbocycles. The standard InChI is InChI=1S/C25H28N2O5/c1-31-20-10-8-19(9-11-20)23(28)21-22(18-6-3-2-4-7-18)27(25(30)24(21)29)13-5-12-26-14-16-32-17-15-26/h2-4,6-11,22,28H,5,12-17H2,1H3/b23-21+/t22-/m1/s1. The maximum absolute atomic E-state index is 13.0. The summed E-state index contributed by atoms with van der Waals surface area (Å²) < 4.78 is 10.6. The molecule has 32 heavy (non-hydrogen) atoms. The monoisotopic (exact) mass is 436 g/mol. The molecule has 0 unspecified atom stereocenters. The van der Waals surface area contributed by atoms with E-state index in [4.69, 9.17) is 9.47 Å². The van der Waals surface area contributed by atoms with Crippen molar-refractivity contribution in [3.63, 3.8) is 0 Å². The van der Waals surface area contributed by atoms with Crippen molar-refractivity contribution in [3.8, 4) is 5.75 Å². The largest absolute Gasteiger partial charge is 0.507 e. The van der Waals surface area contributed by atoms with E-state index >= 15 is 0 Å². The van der Waals surface area contributed by atoms with Gasteiger partial charge in [0.05, 0.1) is 31.9 Å². The quantitative estimate of drug-likeness (QED) is 0.409. The van der Waals surface area contributed by atoms with Crippen LogP contribution in [0.2, 0.25) is 0 Å². The molecule has 0 bridgehead atoms. The Bertz CT molecular complexity index is 981. The number of aliphatic hydroxyl groups is 1. The smallest absolute Gasteiger partial charge is 0.295 e. The SMILES string of the molecule is COc1ccc(/C(O)=C2\C(=O)C(=O)N(CCCN3CCOCC3)[C@@H]2c2ccccc2)cc1. The number of ether oxygens (including phenoxy) is 2. The molecule has 1 amide bonds. The molecule has 7 nitrogen and oxygen atoms in total. The Morgan fingerprint density at radius 1 is 1.03 bits per heavy atom. The summed E-state index contributed by atoms with van der Waals surface area (Å²) in [5.74, 6) is -0.755. The Kier molecular flexibility index (Phi) is 6.87. The van der Waals surface area contributed by atoms with E-state index in [0.717, 1.165) is 44.8 Å². The fourth-order valence-electron chi connectivity index (χ4n) is 4.29. The number of nitrogens with zero attached hydrogens (tertiary/aromatic N) is 2. The maximum Gasteiger partial charge on any atom is 0.295 e. The van der Waals surface area contributed by atoms with Crippen LogP contribution in [0, 0.1) is 0 Å². The molecular weight excluding hydrogens is 408 g/mol. The van der Waals surface area contributed by atoms with Gasteiger partial charge in [-0.25, -0.2) is 0 Å². The molecule has 2 fully saturated rings. The molecule has 0 saturated carbocycles. The Labute approximate surface area is 187 Å². The van der Waals surface area contributed by atoms with E-state index in [2.05, 4.69) is 4.90 Å². The van der Waals surface area contributed by atoms with Gasteiger partial charge < -0.3 is 19.5 Å². The number of aliphatic hydroxyl groups excluding tert-OH is 1. The normalized spacial score (nSPS) is 21.2. The number of likely N-dealkylation sites (tertiary alicyclic amines) is 1. The molecular formula is C25H28N2O5. The van der Waals surface area contributed by atoms with E-state index < -0.39 is 17.7 Å². The third kappa shape index (κ3) is 4.54. The number of methoxy groups -OCH3 is 1. The summed E-state index contributed by atoms with van der Waals surface area (Å²) in [5, 5.41) is 11.1. The van der Waals surface area contributed by atoms with Crippen LogP contribution in [-0.2, 0) is 14.3 Å². The second-order valence-corrected chi connectivity index (χ2v) is 7.94. The van der Waals surface area contributed by atoms with Crippen molar-refractivity contribution in [1.82, 2.24) is 9.80 Å². The minimum Gasteiger partial charge on any atom is -0.507 e. The number of benzene rings is 2. The molecule has 0 radical (unpaired) electrons. The van der Waals surface area contributed by atoms with Gasteiger partial charge in [0.1, 0.15) is 11.5 Å². The summed E-state index contributed by atoms with van der Waals surface area (Å²) in [6.45, 7) is 4.44. The van der Waals surface area contributed by atoms with Crippen LogP contribution in [0.1, 0.15) is 23.6 Å². The van der Waals surface area contributed by atoms with Gasteiger partial charge in [0.2, 0.25) is 0 Å². The molecule has 0 spiro atoms. The Morgan fingerprint density at radius 3 is 2.38 bits per heavy atom. The first-order chi connectivity index (χ1) is 15.6. The molecule has 2 aliphatic rings. The van der Waals surface area contributed by atoms with Crippen molar-refractivity contribution in [1.29, 1.82) is 0 Å². The zero-order chi connectivity index (χ0) is 22.5. The van der Waals surface area contributed by atoms with E-state index in [9.17, 15) is 14.7 Å². The van der Waals surface area contributed by atoms with Gasteiger partial charge in [-0.2, -0.15) is 0 Å². The number of ketones is 1. The first kappa shape index (κ1) is 22.0. The van der Waals surface area contributed by atoms with Crippen molar-refractivity contribution in [2.24, 2.45) is 0 Å². The fourth-order valence-corrected chi connectivity index (χ4v) is 4.29. The molecule has 4 rings (SSSR count). The van der Waals surface area contributed by atoms with Crippen LogP contribution in [0.5, 0.6) is 5.75 Å². The third-order valence-corrected chi connectivity index (χ3v) is 6.00. The van der Waals surface area contributed by atoms with Gasteiger partial charge in [-0.3, -0.25) is 14.5 Å². The summed E-state index contributed by atoms with van der Waals surface area (Å²) in [6, 6.07) is 15.6. The third-order valence-electron chi connectivity index (χ3n) is 6.00. The zero-order valence-electron chi connectivity index (χ0n) is 18.2. The number of morpholine rings is 1. The molecule has 2 saturated heterocycles. The van der Waals surface area contributed by atoms with E-state index in [-0.39, 0.29) is 11.3 Å². The van der Waals surface area contributed by atoms with E-state index in [1.165, 1.54) is 0 Å². The molecule has 1 atom stereocenters. The van der Waals surface area contributed by atoms with Crippen LogP contribution in [-0.4, -0.2) is 73.1 Å². The van der Waals surface area contributed by atoms with E-state index in [0.29, 0.717) is 17.9 Å². The van der Waals surface area contributed by atoms with Gasteiger partial charge in [-0.15, -0.1) is 0 Å². The highest BCUT2D eigenvalue weighted by atomic mass is 16.5. The lowest BCUT2D eigenvalue weighted by molar-refractivity contribution is -0.140. The van der Waals surface area contributed by atoms with Crippen LogP contribution in [0.15, 0.2) is 60.2 Å². The molecule has 2 aromatic rings. The second kappa shape index (κ2) is 9.97. The average molecular weight is 437 g/mol. The van der Waals surface area contributed by atoms with Gasteiger partial charge in [-0.05, 0) is 36.2 Å². The summed E-state index contributed by atoms with van der Waals surface area (Å²) in [7, 11) is 1.56. The lowest BCUT2D eigenvalue weighted by atomic mass is 9.95. The Balaban J connectivity index is 1.64.